The highest BCUT2D eigenvalue weighted by atomic mass is 19.1. The maximum absolute atomic E-state index is 13.5. The molecule has 1 amide bonds. The first kappa shape index (κ1) is 14.6. The van der Waals surface area contributed by atoms with Gasteiger partial charge in [0, 0.05) is 12.7 Å². The Labute approximate surface area is 128 Å². The van der Waals surface area contributed by atoms with E-state index in [1.807, 2.05) is 6.07 Å². The minimum atomic E-state index is -0.445. The van der Waals surface area contributed by atoms with E-state index >= 15 is 0 Å². The van der Waals surface area contributed by atoms with Crippen molar-refractivity contribution in [1.82, 2.24) is 15.1 Å². The lowest BCUT2D eigenvalue weighted by Gasteiger charge is -2.35. The minimum Gasteiger partial charge on any atom is -0.496 e. The molecule has 1 fully saturated rings. The number of carbonyl (C=O) groups excluding carboxylic acids is 1. The molecule has 1 aliphatic heterocycles. The Kier molecular flexibility index (Phi) is 4.09. The first-order chi connectivity index (χ1) is 10.7. The van der Waals surface area contributed by atoms with Gasteiger partial charge in [-0.3, -0.25) is 9.89 Å². The largest absolute Gasteiger partial charge is 0.496 e. The van der Waals surface area contributed by atoms with Gasteiger partial charge in [-0.25, -0.2) is 4.39 Å². The zero-order chi connectivity index (χ0) is 15.5. The van der Waals surface area contributed by atoms with Crippen LogP contribution >= 0.6 is 0 Å². The first-order valence-electron chi connectivity index (χ1n) is 7.34. The molecule has 0 spiro atoms. The fourth-order valence-electron chi connectivity index (χ4n) is 2.95. The van der Waals surface area contributed by atoms with Crippen molar-refractivity contribution in [3.05, 3.63) is 47.5 Å². The molecule has 1 saturated heterocycles. The predicted molar refractivity (Wildman–Crippen MR) is 79.2 cm³/mol. The number of ether oxygens (including phenoxy) is 1. The van der Waals surface area contributed by atoms with Crippen LogP contribution in [0.2, 0.25) is 0 Å². The maximum atomic E-state index is 13.5. The molecule has 2 heterocycles. The third-order valence-electron chi connectivity index (χ3n) is 4.04. The number of nitrogens with zero attached hydrogens (tertiary/aromatic N) is 2. The third-order valence-corrected chi connectivity index (χ3v) is 4.04. The second-order valence-electron chi connectivity index (χ2n) is 5.37. The number of rotatable bonds is 3. The molecule has 2 aromatic rings. The summed E-state index contributed by atoms with van der Waals surface area (Å²) in [4.78, 5) is 14.7. The van der Waals surface area contributed by atoms with E-state index in [1.54, 1.807) is 11.1 Å². The van der Waals surface area contributed by atoms with Crippen LogP contribution in [0.25, 0.3) is 0 Å². The van der Waals surface area contributed by atoms with Gasteiger partial charge in [0.05, 0.1) is 24.4 Å². The van der Waals surface area contributed by atoms with Crippen LogP contribution in [0.1, 0.15) is 41.4 Å². The Morgan fingerprint density at radius 1 is 1.41 bits per heavy atom. The highest BCUT2D eigenvalue weighted by molar-refractivity contribution is 5.97. The topological polar surface area (TPSA) is 58.2 Å². The number of carbonyl (C=O) groups is 1. The number of hydrogen-bond acceptors (Lipinski definition) is 3. The van der Waals surface area contributed by atoms with Crippen molar-refractivity contribution in [2.45, 2.75) is 25.3 Å². The van der Waals surface area contributed by atoms with E-state index in [0.717, 1.165) is 25.0 Å². The summed E-state index contributed by atoms with van der Waals surface area (Å²) >= 11 is 0. The number of nitrogens with one attached hydrogen (secondary N) is 1. The summed E-state index contributed by atoms with van der Waals surface area (Å²) in [5.74, 6) is -0.268. The number of H-pyrrole nitrogens is 1. The Balaban J connectivity index is 1.94. The van der Waals surface area contributed by atoms with Gasteiger partial charge >= 0.3 is 0 Å². The minimum absolute atomic E-state index is 0.0586. The summed E-state index contributed by atoms with van der Waals surface area (Å²) in [7, 11) is 1.48. The molecule has 6 heteroatoms. The Morgan fingerprint density at radius 2 is 2.27 bits per heavy atom. The van der Waals surface area contributed by atoms with E-state index in [-0.39, 0.29) is 17.5 Å². The van der Waals surface area contributed by atoms with Gasteiger partial charge in [-0.15, -0.1) is 0 Å². The van der Waals surface area contributed by atoms with Gasteiger partial charge in [0.15, 0.2) is 0 Å². The highest BCUT2D eigenvalue weighted by Crippen LogP contribution is 2.32. The number of likely N-dealkylation sites (tertiary alicyclic amines) is 1. The van der Waals surface area contributed by atoms with Crippen LogP contribution < -0.4 is 4.74 Å². The van der Waals surface area contributed by atoms with E-state index in [0.29, 0.717) is 12.3 Å². The lowest BCUT2D eigenvalue weighted by atomic mass is 9.98. The fourth-order valence-corrected chi connectivity index (χ4v) is 2.95. The Hall–Kier alpha value is -2.37. The van der Waals surface area contributed by atoms with E-state index in [1.165, 1.54) is 25.3 Å². The van der Waals surface area contributed by atoms with Crippen molar-refractivity contribution in [2.24, 2.45) is 0 Å². The molecule has 1 N–H and O–H groups in total. The van der Waals surface area contributed by atoms with Crippen LogP contribution in [0.3, 0.4) is 0 Å². The Bertz CT molecular complexity index is 657. The molecule has 5 nitrogen and oxygen atoms in total. The monoisotopic (exact) mass is 303 g/mol. The van der Waals surface area contributed by atoms with Gasteiger partial charge in [0.1, 0.15) is 11.6 Å². The third kappa shape index (κ3) is 2.68. The molecule has 1 aliphatic rings. The van der Waals surface area contributed by atoms with Gasteiger partial charge in [-0.2, -0.15) is 5.10 Å². The normalized spacial score (nSPS) is 18.3. The average molecular weight is 303 g/mol. The lowest BCUT2D eigenvalue weighted by Crippen LogP contribution is -2.38. The zero-order valence-electron chi connectivity index (χ0n) is 12.4. The molecule has 1 aromatic heterocycles. The second-order valence-corrected chi connectivity index (χ2v) is 5.37. The van der Waals surface area contributed by atoms with Crippen LogP contribution in [0.5, 0.6) is 5.75 Å². The quantitative estimate of drug-likeness (QED) is 0.948. The molecule has 116 valence electrons. The zero-order valence-corrected chi connectivity index (χ0v) is 12.4. The van der Waals surface area contributed by atoms with E-state index in [9.17, 15) is 9.18 Å². The molecule has 0 bridgehead atoms. The Morgan fingerprint density at radius 3 is 3.00 bits per heavy atom. The number of piperidine rings is 1. The predicted octanol–water partition coefficient (Wildman–Crippen LogP) is 2.92. The summed E-state index contributed by atoms with van der Waals surface area (Å²) in [6.07, 6.45) is 4.53. The number of benzene rings is 1. The van der Waals surface area contributed by atoms with Crippen molar-refractivity contribution >= 4 is 5.91 Å². The molecular weight excluding hydrogens is 285 g/mol. The number of amides is 1. The van der Waals surface area contributed by atoms with Crippen molar-refractivity contribution in [3.63, 3.8) is 0 Å². The molecule has 0 saturated carbocycles. The summed E-state index contributed by atoms with van der Waals surface area (Å²) in [6.45, 7) is 0.641. The number of aromatic nitrogens is 2. The standard InChI is InChI=1S/C16H18FN3O2/c1-22-15-6-5-11(17)10-12(15)16(21)20-9-3-2-4-14(20)13-7-8-18-19-13/h5-8,10,14H,2-4,9H2,1H3,(H,18,19). The van der Waals surface area contributed by atoms with Gasteiger partial charge < -0.3 is 9.64 Å². The summed E-state index contributed by atoms with van der Waals surface area (Å²) < 4.78 is 18.7. The van der Waals surface area contributed by atoms with Crippen molar-refractivity contribution in [1.29, 1.82) is 0 Å². The van der Waals surface area contributed by atoms with Crippen LogP contribution in [-0.2, 0) is 0 Å². The van der Waals surface area contributed by atoms with Crippen LogP contribution in [0.15, 0.2) is 30.5 Å². The van der Waals surface area contributed by atoms with E-state index < -0.39 is 5.82 Å². The molecule has 0 aliphatic carbocycles. The average Bonchev–Trinajstić information content (AvgIpc) is 3.08. The number of methoxy groups -OCH3 is 1. The molecule has 1 aromatic carbocycles. The highest BCUT2D eigenvalue weighted by Gasteiger charge is 2.31. The molecule has 22 heavy (non-hydrogen) atoms. The van der Waals surface area contributed by atoms with Crippen molar-refractivity contribution in [2.75, 3.05) is 13.7 Å². The maximum Gasteiger partial charge on any atom is 0.258 e. The summed E-state index contributed by atoms with van der Waals surface area (Å²) in [5, 5.41) is 6.90. The summed E-state index contributed by atoms with van der Waals surface area (Å²) in [6, 6.07) is 5.83. The fraction of sp³-hybridized carbons (Fsp3) is 0.375. The smallest absolute Gasteiger partial charge is 0.258 e. The van der Waals surface area contributed by atoms with E-state index in [2.05, 4.69) is 10.2 Å². The first-order valence-corrected chi connectivity index (χ1v) is 7.34. The lowest BCUT2D eigenvalue weighted by molar-refractivity contribution is 0.0602. The summed E-state index contributed by atoms with van der Waals surface area (Å²) in [5.41, 5.74) is 1.16. The van der Waals surface area contributed by atoms with Crippen molar-refractivity contribution < 1.29 is 13.9 Å². The van der Waals surface area contributed by atoms with Gasteiger partial charge in [-0.05, 0) is 43.5 Å². The van der Waals surface area contributed by atoms with Crippen molar-refractivity contribution in [3.8, 4) is 5.75 Å². The number of hydrogen-bond donors (Lipinski definition) is 1. The number of aromatic amines is 1. The van der Waals surface area contributed by atoms with Crippen LogP contribution in [0, 0.1) is 5.82 Å². The molecule has 1 atom stereocenters. The molecule has 1 unspecified atom stereocenters. The van der Waals surface area contributed by atoms with E-state index in [4.69, 9.17) is 4.74 Å². The second kappa shape index (κ2) is 6.17. The number of halogens is 1. The molecule has 0 radical (unpaired) electrons. The SMILES string of the molecule is COc1ccc(F)cc1C(=O)N1CCCCC1c1ccn[nH]1. The van der Waals surface area contributed by atoms with Crippen LogP contribution in [0.4, 0.5) is 4.39 Å². The molecule has 3 rings (SSSR count). The van der Waals surface area contributed by atoms with Crippen LogP contribution in [-0.4, -0.2) is 34.7 Å². The molecular formula is C16H18FN3O2. The van der Waals surface area contributed by atoms with Gasteiger partial charge in [-0.1, -0.05) is 0 Å². The van der Waals surface area contributed by atoms with Gasteiger partial charge in [0.2, 0.25) is 0 Å². The van der Waals surface area contributed by atoms with Gasteiger partial charge in [0.25, 0.3) is 5.91 Å².